The number of Topliss-reactive ketones (excluding diaryl/α,β-unsaturated/α-hetero) is 1. The van der Waals surface area contributed by atoms with Crippen LogP contribution in [-0.4, -0.2) is 20.2 Å². The third kappa shape index (κ3) is 5.79. The molecule has 0 saturated carbocycles. The molecule has 0 spiro atoms. The van der Waals surface area contributed by atoms with Gasteiger partial charge in [-0.05, 0) is 79.8 Å². The van der Waals surface area contributed by atoms with Crippen LogP contribution in [0.2, 0.25) is 18.1 Å². The zero-order chi connectivity index (χ0) is 16.3. The minimum Gasteiger partial charge on any atom is -0.414 e. The first-order chi connectivity index (χ1) is 9.54. The van der Waals surface area contributed by atoms with Gasteiger partial charge in [0, 0.05) is 12.5 Å². The monoisotopic (exact) mass is 422 g/mol. The largest absolute Gasteiger partial charge is 0.414 e. The first kappa shape index (κ1) is 19.4. The second-order valence-electron chi connectivity index (χ2n) is 7.78. The van der Waals surface area contributed by atoms with Gasteiger partial charge in [-0.15, -0.1) is 0 Å². The Bertz CT molecular complexity index is 408. The van der Waals surface area contributed by atoms with E-state index < -0.39 is 8.32 Å². The number of hydrogen-bond acceptors (Lipinski definition) is 2. The SMILES string of the molecule is C[C@@H](CCCC1=C(I)C(=O)CCC1)O[Si](C)(C)C(C)(C)C. The van der Waals surface area contributed by atoms with Gasteiger partial charge in [0.1, 0.15) is 0 Å². The van der Waals surface area contributed by atoms with E-state index in [1.807, 2.05) is 0 Å². The highest BCUT2D eigenvalue weighted by atomic mass is 127. The molecule has 0 amide bonds. The van der Waals surface area contributed by atoms with Crippen LogP contribution in [-0.2, 0) is 9.22 Å². The van der Waals surface area contributed by atoms with E-state index in [4.69, 9.17) is 4.43 Å². The van der Waals surface area contributed by atoms with Crippen LogP contribution in [0.5, 0.6) is 0 Å². The molecule has 122 valence electrons. The van der Waals surface area contributed by atoms with E-state index in [0.29, 0.717) is 11.9 Å². The van der Waals surface area contributed by atoms with Crippen molar-refractivity contribution in [2.75, 3.05) is 0 Å². The van der Waals surface area contributed by atoms with Crippen molar-refractivity contribution in [2.24, 2.45) is 0 Å². The second-order valence-corrected chi connectivity index (χ2v) is 13.6. The summed E-state index contributed by atoms with van der Waals surface area (Å²) >= 11 is 2.24. The zero-order valence-corrected chi connectivity index (χ0v) is 17.7. The van der Waals surface area contributed by atoms with Crippen molar-refractivity contribution in [3.05, 3.63) is 9.15 Å². The van der Waals surface area contributed by atoms with Crippen molar-refractivity contribution in [2.45, 2.75) is 90.5 Å². The molecule has 0 radical (unpaired) electrons. The smallest absolute Gasteiger partial charge is 0.192 e. The lowest BCUT2D eigenvalue weighted by atomic mass is 9.94. The molecule has 0 heterocycles. The third-order valence-electron chi connectivity index (χ3n) is 4.83. The standard InChI is InChI=1S/C17H31IO2Si/c1-13(20-21(5,6)17(2,3)4)9-7-10-14-11-8-12-15(19)16(14)18/h13H,7-12H2,1-6H3/t13-/m0/s1. The lowest BCUT2D eigenvalue weighted by molar-refractivity contribution is -0.115. The number of carbonyl (C=O) groups excluding carboxylic acids is 1. The first-order valence-electron chi connectivity index (χ1n) is 8.13. The van der Waals surface area contributed by atoms with Gasteiger partial charge >= 0.3 is 0 Å². The van der Waals surface area contributed by atoms with E-state index in [1.165, 1.54) is 5.57 Å². The van der Waals surface area contributed by atoms with Gasteiger partial charge in [-0.25, -0.2) is 0 Å². The summed E-state index contributed by atoms with van der Waals surface area (Å²) in [5, 5.41) is 0.273. The molecule has 4 heteroatoms. The normalized spacial score (nSPS) is 19.1. The molecule has 0 aromatic heterocycles. The molecule has 2 nitrogen and oxygen atoms in total. The highest BCUT2D eigenvalue weighted by molar-refractivity contribution is 14.1. The number of allylic oxidation sites excluding steroid dienone is 2. The maximum absolute atomic E-state index is 11.7. The highest BCUT2D eigenvalue weighted by Crippen LogP contribution is 2.38. The maximum atomic E-state index is 11.7. The summed E-state index contributed by atoms with van der Waals surface area (Å²) in [4.78, 5) is 11.7. The highest BCUT2D eigenvalue weighted by Gasteiger charge is 2.38. The lowest BCUT2D eigenvalue weighted by Crippen LogP contribution is -2.43. The van der Waals surface area contributed by atoms with Gasteiger partial charge in [0.15, 0.2) is 14.1 Å². The average Bonchev–Trinajstić information content (AvgIpc) is 2.32. The van der Waals surface area contributed by atoms with Crippen molar-refractivity contribution in [3.63, 3.8) is 0 Å². The van der Waals surface area contributed by atoms with Crippen LogP contribution in [0.3, 0.4) is 0 Å². The minimum absolute atomic E-state index is 0.273. The van der Waals surface area contributed by atoms with Crippen molar-refractivity contribution < 1.29 is 9.22 Å². The van der Waals surface area contributed by atoms with Crippen LogP contribution in [0.25, 0.3) is 0 Å². The Kier molecular flexibility index (Phi) is 7.13. The van der Waals surface area contributed by atoms with Crippen LogP contribution in [0.15, 0.2) is 9.15 Å². The van der Waals surface area contributed by atoms with Gasteiger partial charge in [-0.1, -0.05) is 26.3 Å². The molecular formula is C17H31IO2Si. The Morgan fingerprint density at radius 3 is 2.48 bits per heavy atom. The van der Waals surface area contributed by atoms with Crippen molar-refractivity contribution in [3.8, 4) is 0 Å². The molecule has 0 unspecified atom stereocenters. The summed E-state index contributed by atoms with van der Waals surface area (Å²) < 4.78 is 7.40. The Hall–Kier alpha value is 0.317. The fourth-order valence-corrected chi connectivity index (χ4v) is 4.74. The molecule has 0 bridgehead atoms. The molecular weight excluding hydrogens is 391 g/mol. The molecule has 1 aliphatic carbocycles. The predicted octanol–water partition coefficient (Wildman–Crippen LogP) is 6.01. The van der Waals surface area contributed by atoms with Crippen molar-refractivity contribution >= 4 is 36.7 Å². The summed E-state index contributed by atoms with van der Waals surface area (Å²) in [6.07, 6.45) is 6.50. The molecule has 0 aromatic rings. The summed E-state index contributed by atoms with van der Waals surface area (Å²) in [6.45, 7) is 13.7. The molecule has 0 saturated heterocycles. The van der Waals surface area contributed by atoms with Gasteiger partial charge in [0.25, 0.3) is 0 Å². The summed E-state index contributed by atoms with van der Waals surface area (Å²) in [5.74, 6) is 0.349. The topological polar surface area (TPSA) is 26.3 Å². The fourth-order valence-electron chi connectivity index (χ4n) is 2.46. The Morgan fingerprint density at radius 1 is 1.29 bits per heavy atom. The fraction of sp³-hybridized carbons (Fsp3) is 0.824. The van der Waals surface area contributed by atoms with Crippen LogP contribution >= 0.6 is 22.6 Å². The molecule has 21 heavy (non-hydrogen) atoms. The summed E-state index contributed by atoms with van der Waals surface area (Å²) in [5.41, 5.74) is 1.38. The van der Waals surface area contributed by atoms with Gasteiger partial charge in [0.05, 0.1) is 3.58 Å². The van der Waals surface area contributed by atoms with E-state index in [-0.39, 0.29) is 5.04 Å². The molecule has 1 aliphatic rings. The Labute approximate surface area is 145 Å². The van der Waals surface area contributed by atoms with Gasteiger partial charge in [-0.2, -0.15) is 0 Å². The van der Waals surface area contributed by atoms with E-state index in [0.717, 1.165) is 42.1 Å². The number of rotatable bonds is 6. The summed E-state index contributed by atoms with van der Waals surface area (Å²) in [6, 6.07) is 0. The van der Waals surface area contributed by atoms with Crippen molar-refractivity contribution in [1.29, 1.82) is 0 Å². The minimum atomic E-state index is -1.65. The quantitative estimate of drug-likeness (QED) is 0.387. The van der Waals surface area contributed by atoms with Gasteiger partial charge < -0.3 is 4.43 Å². The molecule has 0 fully saturated rings. The van der Waals surface area contributed by atoms with E-state index >= 15 is 0 Å². The second kappa shape index (κ2) is 7.73. The Balaban J connectivity index is 2.43. The van der Waals surface area contributed by atoms with Crippen LogP contribution in [0.1, 0.15) is 66.2 Å². The molecule has 1 atom stereocenters. The molecule has 0 N–H and O–H groups in total. The van der Waals surface area contributed by atoms with E-state index in [2.05, 4.69) is 63.4 Å². The maximum Gasteiger partial charge on any atom is 0.192 e. The Morgan fingerprint density at radius 2 is 1.90 bits per heavy atom. The van der Waals surface area contributed by atoms with Crippen LogP contribution in [0, 0.1) is 0 Å². The molecule has 0 aromatic carbocycles. The molecule has 0 aliphatic heterocycles. The average molecular weight is 422 g/mol. The number of carbonyl (C=O) groups is 1. The van der Waals surface area contributed by atoms with Gasteiger partial charge in [0.2, 0.25) is 0 Å². The predicted molar refractivity (Wildman–Crippen MR) is 101 cm³/mol. The summed E-state index contributed by atoms with van der Waals surface area (Å²) in [7, 11) is -1.65. The first-order valence-corrected chi connectivity index (χ1v) is 12.1. The van der Waals surface area contributed by atoms with Gasteiger partial charge in [-0.3, -0.25) is 4.79 Å². The third-order valence-corrected chi connectivity index (χ3v) is 10.8. The zero-order valence-electron chi connectivity index (χ0n) is 14.5. The van der Waals surface area contributed by atoms with E-state index in [1.54, 1.807) is 0 Å². The van der Waals surface area contributed by atoms with Crippen molar-refractivity contribution in [1.82, 2.24) is 0 Å². The lowest BCUT2D eigenvalue weighted by Gasteiger charge is -2.38. The number of halogens is 1. The number of hydrogen-bond donors (Lipinski definition) is 0. The van der Waals surface area contributed by atoms with Crippen LogP contribution < -0.4 is 0 Å². The number of ketones is 1. The van der Waals surface area contributed by atoms with Crippen LogP contribution in [0.4, 0.5) is 0 Å². The molecule has 1 rings (SSSR count). The van der Waals surface area contributed by atoms with E-state index in [9.17, 15) is 4.79 Å².